The van der Waals surface area contributed by atoms with Crippen LogP contribution >= 0.6 is 15.9 Å². The molecule has 0 spiro atoms. The first-order chi connectivity index (χ1) is 10.1. The van der Waals surface area contributed by atoms with Gasteiger partial charge >= 0.3 is 0 Å². The Morgan fingerprint density at radius 1 is 1.14 bits per heavy atom. The van der Waals surface area contributed by atoms with Crippen molar-refractivity contribution in [3.8, 4) is 11.5 Å². The fourth-order valence-electron chi connectivity index (χ4n) is 3.36. The molecule has 3 nitrogen and oxygen atoms in total. The van der Waals surface area contributed by atoms with Gasteiger partial charge in [0.05, 0.1) is 5.69 Å². The third-order valence-electron chi connectivity index (χ3n) is 4.65. The molecule has 1 fully saturated rings. The molecule has 116 valence electrons. The van der Waals surface area contributed by atoms with Crippen molar-refractivity contribution in [2.75, 3.05) is 18.5 Å². The fraction of sp³-hybridized carbons (Fsp3) is 0.647. The highest BCUT2D eigenvalue weighted by atomic mass is 79.9. The van der Waals surface area contributed by atoms with E-state index >= 15 is 0 Å². The predicted molar refractivity (Wildman–Crippen MR) is 89.3 cm³/mol. The number of hydrogen-bond donors (Lipinski definition) is 1. The molecule has 1 aliphatic heterocycles. The molecule has 0 saturated heterocycles. The van der Waals surface area contributed by atoms with E-state index in [0.29, 0.717) is 19.3 Å². The number of fused-ring (bicyclic) bond motifs is 1. The average molecular weight is 354 g/mol. The Morgan fingerprint density at radius 2 is 1.86 bits per heavy atom. The van der Waals surface area contributed by atoms with E-state index in [0.717, 1.165) is 33.5 Å². The molecule has 0 amide bonds. The molecular formula is C17H24BrNO2. The first-order valence-corrected chi connectivity index (χ1v) is 8.78. The molecule has 0 radical (unpaired) electrons. The lowest BCUT2D eigenvalue weighted by molar-refractivity contribution is 0.171. The van der Waals surface area contributed by atoms with E-state index in [9.17, 15) is 0 Å². The SMILES string of the molecule is CC(C)C1CCCC(Nc2cc3c(cc2Br)OCCO3)C1. The van der Waals surface area contributed by atoms with Crippen molar-refractivity contribution in [2.24, 2.45) is 11.8 Å². The van der Waals surface area contributed by atoms with E-state index in [1.807, 2.05) is 6.07 Å². The smallest absolute Gasteiger partial charge is 0.163 e. The fourth-order valence-corrected chi connectivity index (χ4v) is 3.80. The summed E-state index contributed by atoms with van der Waals surface area (Å²) < 4.78 is 12.4. The molecule has 2 aliphatic rings. The summed E-state index contributed by atoms with van der Waals surface area (Å²) in [4.78, 5) is 0. The van der Waals surface area contributed by atoms with E-state index in [2.05, 4.69) is 41.2 Å². The number of rotatable bonds is 3. The van der Waals surface area contributed by atoms with Gasteiger partial charge in [0.15, 0.2) is 11.5 Å². The molecule has 1 N–H and O–H groups in total. The number of benzene rings is 1. The van der Waals surface area contributed by atoms with Crippen molar-refractivity contribution in [3.63, 3.8) is 0 Å². The van der Waals surface area contributed by atoms with Crippen LogP contribution in [0.15, 0.2) is 16.6 Å². The Balaban J connectivity index is 1.72. The van der Waals surface area contributed by atoms with Crippen LogP contribution in [0.3, 0.4) is 0 Å². The van der Waals surface area contributed by atoms with Gasteiger partial charge in [-0.05, 0) is 40.6 Å². The Morgan fingerprint density at radius 3 is 2.57 bits per heavy atom. The number of anilines is 1. The van der Waals surface area contributed by atoms with Gasteiger partial charge in [0.2, 0.25) is 0 Å². The lowest BCUT2D eigenvalue weighted by Crippen LogP contribution is -2.29. The molecule has 1 saturated carbocycles. The molecule has 3 rings (SSSR count). The van der Waals surface area contributed by atoms with Gasteiger partial charge in [-0.15, -0.1) is 0 Å². The van der Waals surface area contributed by atoms with Crippen LogP contribution in [0.5, 0.6) is 11.5 Å². The second-order valence-electron chi connectivity index (χ2n) is 6.49. The van der Waals surface area contributed by atoms with Crippen LogP contribution in [0.25, 0.3) is 0 Å². The Bertz CT molecular complexity index is 504. The van der Waals surface area contributed by atoms with Crippen molar-refractivity contribution in [3.05, 3.63) is 16.6 Å². The summed E-state index contributed by atoms with van der Waals surface area (Å²) >= 11 is 3.65. The summed E-state index contributed by atoms with van der Waals surface area (Å²) in [5, 5.41) is 3.70. The van der Waals surface area contributed by atoms with Gasteiger partial charge in [0.25, 0.3) is 0 Å². The summed E-state index contributed by atoms with van der Waals surface area (Å²) in [5.41, 5.74) is 1.12. The van der Waals surface area contributed by atoms with Gasteiger partial charge in [-0.2, -0.15) is 0 Å². The molecule has 21 heavy (non-hydrogen) atoms. The normalized spacial score (nSPS) is 25.0. The second kappa shape index (κ2) is 6.47. The van der Waals surface area contributed by atoms with E-state index in [-0.39, 0.29) is 0 Å². The first kappa shape index (κ1) is 15.0. The second-order valence-corrected chi connectivity index (χ2v) is 7.34. The molecule has 2 unspecified atom stereocenters. The zero-order valence-corrected chi connectivity index (χ0v) is 14.4. The molecule has 1 aromatic rings. The van der Waals surface area contributed by atoms with E-state index in [4.69, 9.17) is 9.47 Å². The van der Waals surface area contributed by atoms with Crippen LogP contribution in [-0.2, 0) is 0 Å². The highest BCUT2D eigenvalue weighted by molar-refractivity contribution is 9.10. The van der Waals surface area contributed by atoms with Gasteiger partial charge in [0.1, 0.15) is 13.2 Å². The maximum absolute atomic E-state index is 5.68. The number of halogens is 1. The van der Waals surface area contributed by atoms with Crippen LogP contribution in [0.2, 0.25) is 0 Å². The van der Waals surface area contributed by atoms with Crippen molar-refractivity contribution < 1.29 is 9.47 Å². The standard InChI is InChI=1S/C17H24BrNO2/c1-11(2)12-4-3-5-13(8-12)19-15-10-17-16(9-14(15)18)20-6-7-21-17/h9-13,19H,3-8H2,1-2H3. The maximum Gasteiger partial charge on any atom is 0.163 e. The van der Waals surface area contributed by atoms with Crippen LogP contribution in [0.1, 0.15) is 39.5 Å². The Hall–Kier alpha value is -0.900. The predicted octanol–water partition coefficient (Wildman–Crippen LogP) is 4.85. The third kappa shape index (κ3) is 3.47. The van der Waals surface area contributed by atoms with Crippen LogP contribution < -0.4 is 14.8 Å². The van der Waals surface area contributed by atoms with Crippen LogP contribution in [0.4, 0.5) is 5.69 Å². The molecule has 1 heterocycles. The van der Waals surface area contributed by atoms with E-state index in [1.165, 1.54) is 25.7 Å². The monoisotopic (exact) mass is 353 g/mol. The highest BCUT2D eigenvalue weighted by Crippen LogP contribution is 2.39. The molecule has 1 aliphatic carbocycles. The van der Waals surface area contributed by atoms with Crippen molar-refractivity contribution in [1.29, 1.82) is 0 Å². The quantitative estimate of drug-likeness (QED) is 0.842. The number of nitrogens with one attached hydrogen (secondary N) is 1. The molecular weight excluding hydrogens is 330 g/mol. The van der Waals surface area contributed by atoms with Gasteiger partial charge < -0.3 is 14.8 Å². The number of ether oxygens (including phenoxy) is 2. The summed E-state index contributed by atoms with van der Waals surface area (Å²) in [5.74, 6) is 3.30. The van der Waals surface area contributed by atoms with Crippen molar-refractivity contribution in [2.45, 2.75) is 45.6 Å². The van der Waals surface area contributed by atoms with Crippen LogP contribution in [0, 0.1) is 11.8 Å². The van der Waals surface area contributed by atoms with Crippen molar-refractivity contribution >= 4 is 21.6 Å². The summed E-state index contributed by atoms with van der Waals surface area (Å²) in [6.07, 6.45) is 5.21. The minimum absolute atomic E-state index is 0.560. The first-order valence-electron chi connectivity index (χ1n) is 7.99. The molecule has 2 atom stereocenters. The Labute approximate surface area is 135 Å². The lowest BCUT2D eigenvalue weighted by atomic mass is 9.79. The van der Waals surface area contributed by atoms with Crippen LogP contribution in [-0.4, -0.2) is 19.3 Å². The zero-order valence-electron chi connectivity index (χ0n) is 12.8. The largest absolute Gasteiger partial charge is 0.486 e. The van der Waals surface area contributed by atoms with Gasteiger partial charge in [-0.1, -0.05) is 26.7 Å². The summed E-state index contributed by atoms with van der Waals surface area (Å²) in [7, 11) is 0. The zero-order chi connectivity index (χ0) is 14.8. The van der Waals surface area contributed by atoms with Gasteiger partial charge in [-0.3, -0.25) is 0 Å². The topological polar surface area (TPSA) is 30.5 Å². The average Bonchev–Trinajstić information content (AvgIpc) is 2.48. The number of hydrogen-bond acceptors (Lipinski definition) is 3. The van der Waals surface area contributed by atoms with Gasteiger partial charge in [-0.25, -0.2) is 0 Å². The minimum atomic E-state index is 0.560. The summed E-state index contributed by atoms with van der Waals surface area (Å²) in [6.45, 7) is 5.94. The highest BCUT2D eigenvalue weighted by Gasteiger charge is 2.25. The van der Waals surface area contributed by atoms with E-state index < -0.39 is 0 Å². The third-order valence-corrected chi connectivity index (χ3v) is 5.31. The molecule has 4 heteroatoms. The molecule has 0 aromatic heterocycles. The molecule has 0 bridgehead atoms. The Kier molecular flexibility index (Phi) is 4.63. The summed E-state index contributed by atoms with van der Waals surface area (Å²) in [6, 6.07) is 4.64. The lowest BCUT2D eigenvalue weighted by Gasteiger charge is -2.33. The maximum atomic E-state index is 5.68. The minimum Gasteiger partial charge on any atom is -0.486 e. The molecule has 1 aromatic carbocycles. The van der Waals surface area contributed by atoms with Crippen molar-refractivity contribution in [1.82, 2.24) is 0 Å². The van der Waals surface area contributed by atoms with Gasteiger partial charge in [0, 0.05) is 22.6 Å². The van der Waals surface area contributed by atoms with E-state index in [1.54, 1.807) is 0 Å².